The van der Waals surface area contributed by atoms with E-state index in [1.165, 1.54) is 18.7 Å². The molecular formula is C23H30BrFN2O2. The molecule has 2 spiro atoms. The van der Waals surface area contributed by atoms with Crippen LogP contribution in [0, 0.1) is 17.3 Å². The lowest BCUT2D eigenvalue weighted by Gasteiger charge is -2.49. The van der Waals surface area contributed by atoms with Crippen molar-refractivity contribution in [2.24, 2.45) is 22.2 Å². The van der Waals surface area contributed by atoms with E-state index in [1.807, 2.05) is 19.1 Å². The van der Waals surface area contributed by atoms with Crippen LogP contribution in [0.15, 0.2) is 27.7 Å². The highest BCUT2D eigenvalue weighted by Gasteiger charge is 2.67. The minimum atomic E-state index is -1.51. The van der Waals surface area contributed by atoms with Crippen molar-refractivity contribution in [3.8, 4) is 0 Å². The van der Waals surface area contributed by atoms with Crippen LogP contribution in [-0.4, -0.2) is 40.1 Å². The lowest BCUT2D eigenvalue weighted by molar-refractivity contribution is -0.142. The molecule has 5 atom stereocenters. The number of carbonyl (C=O) groups is 1. The Bertz CT molecular complexity index is 881. The number of hydrogen-bond donors (Lipinski definition) is 1. The number of fused-ring (bicyclic) bond motifs is 3. The summed E-state index contributed by atoms with van der Waals surface area (Å²) in [6.45, 7) is 8.92. The number of carbonyl (C=O) groups excluding carboxylic acids is 1. The van der Waals surface area contributed by atoms with Crippen LogP contribution in [0.5, 0.6) is 0 Å². The van der Waals surface area contributed by atoms with Gasteiger partial charge in [-0.25, -0.2) is 4.39 Å². The van der Waals surface area contributed by atoms with Gasteiger partial charge in [-0.05, 0) is 75.1 Å². The molecule has 6 heteroatoms. The van der Waals surface area contributed by atoms with Crippen LogP contribution < -0.4 is 0 Å². The molecule has 0 bridgehead atoms. The molecule has 0 aromatic heterocycles. The number of aliphatic hydroxyl groups excluding tert-OH is 1. The summed E-state index contributed by atoms with van der Waals surface area (Å²) in [4.78, 5) is 20.6. The number of alkyl halides is 1. The first-order valence-corrected chi connectivity index (χ1v) is 11.2. The largest absolute Gasteiger partial charge is 0.393 e. The highest BCUT2D eigenvalue weighted by atomic mass is 79.9. The molecule has 0 saturated heterocycles. The molecule has 4 rings (SSSR count). The lowest BCUT2D eigenvalue weighted by atomic mass is 9.56. The van der Waals surface area contributed by atoms with Gasteiger partial charge in [-0.15, -0.1) is 0 Å². The predicted molar refractivity (Wildman–Crippen MR) is 116 cm³/mol. The summed E-state index contributed by atoms with van der Waals surface area (Å²) in [5.74, 6) is 0.611. The maximum Gasteiger partial charge on any atom is 0.261 e. The third kappa shape index (κ3) is 3.01. The monoisotopic (exact) mass is 464 g/mol. The van der Waals surface area contributed by atoms with Gasteiger partial charge >= 0.3 is 0 Å². The Morgan fingerprint density at radius 3 is 2.52 bits per heavy atom. The van der Waals surface area contributed by atoms with Gasteiger partial charge < -0.3 is 5.11 Å². The van der Waals surface area contributed by atoms with Crippen LogP contribution in [0.2, 0.25) is 0 Å². The van der Waals surface area contributed by atoms with E-state index in [0.717, 1.165) is 34.9 Å². The molecule has 1 aromatic carbocycles. The molecule has 0 unspecified atom stereocenters. The molecule has 1 fully saturated rings. The zero-order valence-corrected chi connectivity index (χ0v) is 19.4. The van der Waals surface area contributed by atoms with Crippen LogP contribution in [0.4, 0.5) is 4.39 Å². The van der Waals surface area contributed by atoms with Crippen LogP contribution in [0.3, 0.4) is 0 Å². The molecule has 1 aliphatic heterocycles. The average Bonchev–Trinajstić information content (AvgIpc) is 2.99. The van der Waals surface area contributed by atoms with Crippen LogP contribution in [0.1, 0.15) is 58.6 Å². The van der Waals surface area contributed by atoms with Crippen LogP contribution in [-0.2, 0) is 16.8 Å². The number of rotatable bonds is 2. The van der Waals surface area contributed by atoms with E-state index in [9.17, 15) is 14.3 Å². The second-order valence-corrected chi connectivity index (χ2v) is 11.0. The number of aliphatic imine (C=N–C) groups is 1. The van der Waals surface area contributed by atoms with E-state index >= 15 is 0 Å². The Balaban J connectivity index is 1.90. The maximum absolute atomic E-state index is 14.5. The first-order valence-electron chi connectivity index (χ1n) is 10.4. The van der Waals surface area contributed by atoms with Gasteiger partial charge in [0.05, 0.1) is 12.6 Å². The summed E-state index contributed by atoms with van der Waals surface area (Å²) in [5, 5.41) is 10.6. The number of nitrogens with zero attached hydrogens (tertiary/aromatic N) is 2. The summed E-state index contributed by atoms with van der Waals surface area (Å²) in [7, 11) is 0. The number of hydrogen-bond acceptors (Lipinski definition) is 3. The third-order valence-corrected chi connectivity index (χ3v) is 7.65. The van der Waals surface area contributed by atoms with Crippen molar-refractivity contribution in [2.45, 2.75) is 71.2 Å². The highest BCUT2D eigenvalue weighted by molar-refractivity contribution is 9.10. The minimum Gasteiger partial charge on any atom is -0.393 e. The van der Waals surface area contributed by atoms with E-state index in [-0.39, 0.29) is 30.4 Å². The fraction of sp³-hybridized carbons (Fsp3) is 0.652. The second-order valence-electron chi connectivity index (χ2n) is 10.1. The molecule has 3 aliphatic rings. The van der Waals surface area contributed by atoms with Crippen molar-refractivity contribution in [1.29, 1.82) is 0 Å². The number of amides is 1. The molecule has 1 heterocycles. The van der Waals surface area contributed by atoms with Gasteiger partial charge in [0, 0.05) is 9.89 Å². The number of amidine groups is 1. The normalized spacial score (nSPS) is 36.8. The van der Waals surface area contributed by atoms with E-state index in [4.69, 9.17) is 4.99 Å². The van der Waals surface area contributed by atoms with Gasteiger partial charge in [-0.3, -0.25) is 14.7 Å². The van der Waals surface area contributed by atoms with Gasteiger partial charge in [0.15, 0.2) is 5.54 Å². The molecule has 1 amide bonds. The molecule has 29 heavy (non-hydrogen) atoms. The maximum atomic E-state index is 14.5. The first-order chi connectivity index (χ1) is 13.4. The fourth-order valence-corrected chi connectivity index (χ4v) is 6.51. The van der Waals surface area contributed by atoms with E-state index in [2.05, 4.69) is 35.8 Å². The van der Waals surface area contributed by atoms with Crippen LogP contribution >= 0.6 is 15.9 Å². The molecule has 1 N–H and O–H groups in total. The van der Waals surface area contributed by atoms with Gasteiger partial charge in [0.25, 0.3) is 5.91 Å². The van der Waals surface area contributed by atoms with Crippen molar-refractivity contribution < 1.29 is 14.3 Å². The summed E-state index contributed by atoms with van der Waals surface area (Å²) < 4.78 is 15.5. The predicted octanol–water partition coefficient (Wildman–Crippen LogP) is 4.62. The minimum absolute atomic E-state index is 0.00390. The second kappa shape index (κ2) is 6.61. The third-order valence-electron chi connectivity index (χ3n) is 7.16. The first kappa shape index (κ1) is 21.0. The lowest BCUT2D eigenvalue weighted by Crippen LogP contribution is -2.55. The molecular weight excluding hydrogens is 435 g/mol. The van der Waals surface area contributed by atoms with E-state index in [0.29, 0.717) is 5.84 Å². The van der Waals surface area contributed by atoms with Crippen molar-refractivity contribution in [2.75, 3.05) is 6.54 Å². The summed E-state index contributed by atoms with van der Waals surface area (Å²) in [6, 6.07) is 6.11. The molecule has 1 aromatic rings. The Kier molecular flexibility index (Phi) is 4.78. The van der Waals surface area contributed by atoms with E-state index in [1.54, 1.807) is 0 Å². The van der Waals surface area contributed by atoms with Gasteiger partial charge in [-0.2, -0.15) is 0 Å². The number of halogens is 2. The standard InChI is InChI=1S/C23H30BrFN2O2/c1-13-9-22(10-14(2)19(13)28)11-16-6-7-17(24)8-18(16)23(22)20(29)27(15(3)26-23)12-21(4,5)25/h6-8,13-14,19,28H,9-12H2,1-5H3/t13-,14+,19+,22+,23-/m1/s1. The summed E-state index contributed by atoms with van der Waals surface area (Å²) >= 11 is 3.57. The van der Waals surface area contributed by atoms with Gasteiger partial charge in [-0.1, -0.05) is 35.8 Å². The Morgan fingerprint density at radius 1 is 1.31 bits per heavy atom. The fourth-order valence-electron chi connectivity index (χ4n) is 6.15. The quantitative estimate of drug-likeness (QED) is 0.693. The van der Waals surface area contributed by atoms with Gasteiger partial charge in [0.1, 0.15) is 11.5 Å². The summed E-state index contributed by atoms with van der Waals surface area (Å²) in [5.41, 5.74) is -0.875. The van der Waals surface area contributed by atoms with E-state index < -0.39 is 16.6 Å². The zero-order valence-electron chi connectivity index (χ0n) is 17.8. The molecule has 158 valence electrons. The molecule has 0 radical (unpaired) electrons. The van der Waals surface area contributed by atoms with Crippen molar-refractivity contribution >= 4 is 27.7 Å². The Hall–Kier alpha value is -1.27. The Morgan fingerprint density at radius 2 is 1.93 bits per heavy atom. The van der Waals surface area contributed by atoms with Crippen LogP contribution in [0.25, 0.3) is 0 Å². The van der Waals surface area contributed by atoms with Gasteiger partial charge in [0.2, 0.25) is 0 Å². The smallest absolute Gasteiger partial charge is 0.261 e. The van der Waals surface area contributed by atoms with Crippen molar-refractivity contribution in [1.82, 2.24) is 4.90 Å². The molecule has 2 aliphatic carbocycles. The highest BCUT2D eigenvalue weighted by Crippen LogP contribution is 2.63. The van der Waals surface area contributed by atoms with Crippen molar-refractivity contribution in [3.05, 3.63) is 33.8 Å². The number of benzene rings is 1. The molecule has 1 saturated carbocycles. The summed E-state index contributed by atoms with van der Waals surface area (Å²) in [6.07, 6.45) is 1.82. The number of aliphatic hydroxyl groups is 1. The van der Waals surface area contributed by atoms with Crippen molar-refractivity contribution in [3.63, 3.8) is 0 Å². The SMILES string of the molecule is CC1=N[C@@]2(C(=O)N1CC(C)(C)F)c1cc(Br)ccc1C[C@@]21C[C@@H](C)[C@H](O)[C@@H](C)C1. The molecule has 4 nitrogen and oxygen atoms in total. The Labute approximate surface area is 180 Å². The zero-order chi connectivity index (χ0) is 21.4. The average molecular weight is 465 g/mol. The topological polar surface area (TPSA) is 52.9 Å².